The van der Waals surface area contributed by atoms with Gasteiger partial charge in [-0.3, -0.25) is 14.3 Å². The van der Waals surface area contributed by atoms with Crippen molar-refractivity contribution < 1.29 is 4.79 Å². The first-order valence-corrected chi connectivity index (χ1v) is 7.32. The van der Waals surface area contributed by atoms with Crippen LogP contribution in [0.25, 0.3) is 10.9 Å². The fourth-order valence-corrected chi connectivity index (χ4v) is 2.26. The van der Waals surface area contributed by atoms with Gasteiger partial charge in [0.25, 0.3) is 0 Å². The van der Waals surface area contributed by atoms with Crippen LogP contribution < -0.4 is 10.4 Å². The highest BCUT2D eigenvalue weighted by Crippen LogP contribution is 2.14. The van der Waals surface area contributed by atoms with Crippen LogP contribution in [0.2, 0.25) is 0 Å². The van der Waals surface area contributed by atoms with Crippen LogP contribution in [0.1, 0.15) is 42.6 Å². The highest BCUT2D eigenvalue weighted by atomic mass is 16.1. The molecular formula is C18H20N2O2. The number of hydrogen-bond acceptors (Lipinski definition) is 3. The summed E-state index contributed by atoms with van der Waals surface area (Å²) in [5.74, 6) is 5.91. The van der Waals surface area contributed by atoms with E-state index in [-0.39, 0.29) is 16.8 Å². The molecule has 0 fully saturated rings. The average Bonchev–Trinajstić information content (AvgIpc) is 2.47. The normalized spacial score (nSPS) is 10.2. The molecule has 0 amide bonds. The van der Waals surface area contributed by atoms with Crippen molar-refractivity contribution in [1.29, 1.82) is 0 Å². The van der Waals surface area contributed by atoms with E-state index in [1.54, 1.807) is 16.9 Å². The molecule has 0 N–H and O–H groups in total. The predicted octanol–water partition coefficient (Wildman–Crippen LogP) is 2.55. The van der Waals surface area contributed by atoms with Crippen LogP contribution in [0.3, 0.4) is 0 Å². The summed E-state index contributed by atoms with van der Waals surface area (Å²) in [6.07, 6.45) is 3.42. The number of fused-ring (bicyclic) bond motifs is 1. The lowest BCUT2D eigenvalue weighted by Gasteiger charge is -2.20. The van der Waals surface area contributed by atoms with Crippen LogP contribution in [0.4, 0.5) is 0 Å². The molecule has 22 heavy (non-hydrogen) atoms. The van der Waals surface area contributed by atoms with E-state index < -0.39 is 0 Å². The topological polar surface area (TPSA) is 42.3 Å². The van der Waals surface area contributed by atoms with E-state index in [2.05, 4.69) is 18.8 Å². The standard InChI is InChI=1S/C18H20N2O2/c1-5-6-7-8-14-9-10-17-15(11-14)18(22)16(13(2)21)12-20(17)19(3)4/h9-12H,5-6H2,1-4H3. The van der Waals surface area contributed by atoms with Crippen molar-refractivity contribution in [3.05, 3.63) is 45.7 Å². The van der Waals surface area contributed by atoms with Gasteiger partial charge in [-0.25, -0.2) is 0 Å². The Balaban J connectivity index is 2.75. The fraction of sp³-hybridized carbons (Fsp3) is 0.333. The molecular weight excluding hydrogens is 276 g/mol. The van der Waals surface area contributed by atoms with Gasteiger partial charge in [0.05, 0.1) is 11.1 Å². The Morgan fingerprint density at radius 3 is 2.64 bits per heavy atom. The molecule has 114 valence electrons. The fourth-order valence-electron chi connectivity index (χ4n) is 2.26. The molecule has 0 bridgehead atoms. The minimum absolute atomic E-state index is 0.194. The SMILES string of the molecule is CCCC#Cc1ccc2c(c1)c(=O)c(C(C)=O)cn2N(C)C. The lowest BCUT2D eigenvalue weighted by atomic mass is 10.1. The molecule has 4 heteroatoms. The molecule has 0 saturated carbocycles. The summed E-state index contributed by atoms with van der Waals surface area (Å²) in [4.78, 5) is 24.2. The zero-order valence-electron chi connectivity index (χ0n) is 13.4. The minimum Gasteiger partial charge on any atom is -0.319 e. The van der Waals surface area contributed by atoms with Crippen LogP contribution in [-0.2, 0) is 0 Å². The lowest BCUT2D eigenvalue weighted by molar-refractivity contribution is 0.101. The third-order valence-corrected chi connectivity index (χ3v) is 3.40. The number of carbonyl (C=O) groups is 1. The summed E-state index contributed by atoms with van der Waals surface area (Å²) in [5.41, 5.74) is 1.52. The Bertz CT molecular complexity index is 836. The monoisotopic (exact) mass is 296 g/mol. The van der Waals surface area contributed by atoms with Gasteiger partial charge in [0.2, 0.25) is 0 Å². The zero-order chi connectivity index (χ0) is 16.3. The number of benzene rings is 1. The third-order valence-electron chi connectivity index (χ3n) is 3.40. The summed E-state index contributed by atoms with van der Waals surface area (Å²) in [5, 5.41) is 2.35. The van der Waals surface area contributed by atoms with Crippen molar-refractivity contribution in [2.45, 2.75) is 26.7 Å². The number of aromatic nitrogens is 1. The predicted molar refractivity (Wildman–Crippen MR) is 90.1 cm³/mol. The number of Topliss-reactive ketones (excluding diaryl/α,β-unsaturated/α-hetero) is 1. The maximum absolute atomic E-state index is 12.5. The van der Waals surface area contributed by atoms with Gasteiger partial charge in [0, 0.05) is 37.7 Å². The Labute approximate surface area is 130 Å². The van der Waals surface area contributed by atoms with E-state index in [4.69, 9.17) is 0 Å². The van der Waals surface area contributed by atoms with Gasteiger partial charge in [-0.1, -0.05) is 18.8 Å². The van der Waals surface area contributed by atoms with E-state index in [9.17, 15) is 9.59 Å². The second-order valence-electron chi connectivity index (χ2n) is 5.40. The van der Waals surface area contributed by atoms with Crippen molar-refractivity contribution in [2.75, 3.05) is 19.1 Å². The molecule has 0 aliphatic carbocycles. The first kappa shape index (κ1) is 15.8. The lowest BCUT2D eigenvalue weighted by Crippen LogP contribution is -2.29. The number of nitrogens with zero attached hydrogens (tertiary/aromatic N) is 2. The van der Waals surface area contributed by atoms with Gasteiger partial charge in [0.1, 0.15) is 0 Å². The second kappa shape index (κ2) is 6.48. The van der Waals surface area contributed by atoms with Gasteiger partial charge < -0.3 is 5.01 Å². The Hall–Kier alpha value is -2.54. The van der Waals surface area contributed by atoms with E-state index in [0.717, 1.165) is 23.9 Å². The van der Waals surface area contributed by atoms with Gasteiger partial charge in [-0.2, -0.15) is 0 Å². The third kappa shape index (κ3) is 3.04. The number of ketones is 1. The highest BCUT2D eigenvalue weighted by Gasteiger charge is 2.13. The van der Waals surface area contributed by atoms with Gasteiger partial charge in [-0.05, 0) is 31.5 Å². The van der Waals surface area contributed by atoms with Crippen LogP contribution in [0, 0.1) is 11.8 Å². The van der Waals surface area contributed by atoms with Crippen molar-refractivity contribution >= 4 is 16.7 Å². The molecule has 4 nitrogen and oxygen atoms in total. The van der Waals surface area contributed by atoms with E-state index in [1.165, 1.54) is 6.92 Å². The molecule has 1 aromatic carbocycles. The van der Waals surface area contributed by atoms with Gasteiger partial charge >= 0.3 is 0 Å². The molecule has 2 aromatic rings. The summed E-state index contributed by atoms with van der Waals surface area (Å²) in [7, 11) is 3.73. The zero-order valence-corrected chi connectivity index (χ0v) is 13.4. The molecule has 0 saturated heterocycles. The van der Waals surface area contributed by atoms with Gasteiger partial charge in [-0.15, -0.1) is 0 Å². The maximum Gasteiger partial charge on any atom is 0.200 e. The first-order chi connectivity index (χ1) is 10.5. The minimum atomic E-state index is -0.236. The van der Waals surface area contributed by atoms with E-state index >= 15 is 0 Å². The van der Waals surface area contributed by atoms with Crippen molar-refractivity contribution in [3.63, 3.8) is 0 Å². The summed E-state index contributed by atoms with van der Waals surface area (Å²) in [6.45, 7) is 3.48. The molecule has 1 heterocycles. The molecule has 0 unspecified atom stereocenters. The Kier molecular flexibility index (Phi) is 4.67. The molecule has 0 aliphatic rings. The highest BCUT2D eigenvalue weighted by molar-refractivity contribution is 5.97. The quantitative estimate of drug-likeness (QED) is 0.646. The molecule has 0 aliphatic heterocycles. The van der Waals surface area contributed by atoms with Crippen LogP contribution in [0.15, 0.2) is 29.2 Å². The average molecular weight is 296 g/mol. The number of carbonyl (C=O) groups excluding carboxylic acids is 1. The molecule has 0 atom stereocenters. The Morgan fingerprint density at radius 2 is 2.05 bits per heavy atom. The molecule has 1 aromatic heterocycles. The number of rotatable bonds is 3. The molecule has 0 spiro atoms. The molecule has 0 radical (unpaired) electrons. The maximum atomic E-state index is 12.5. The largest absolute Gasteiger partial charge is 0.319 e. The second-order valence-corrected chi connectivity index (χ2v) is 5.40. The van der Waals surface area contributed by atoms with Gasteiger partial charge in [0.15, 0.2) is 11.2 Å². The smallest absolute Gasteiger partial charge is 0.200 e. The van der Waals surface area contributed by atoms with E-state index in [1.807, 2.05) is 31.2 Å². The first-order valence-electron chi connectivity index (χ1n) is 7.32. The number of hydrogen-bond donors (Lipinski definition) is 0. The van der Waals surface area contributed by atoms with Crippen molar-refractivity contribution in [3.8, 4) is 11.8 Å². The van der Waals surface area contributed by atoms with Crippen LogP contribution >= 0.6 is 0 Å². The summed E-state index contributed by atoms with van der Waals surface area (Å²) >= 11 is 0. The Morgan fingerprint density at radius 1 is 1.32 bits per heavy atom. The van der Waals surface area contributed by atoms with Crippen molar-refractivity contribution in [2.24, 2.45) is 0 Å². The number of pyridine rings is 1. The number of unbranched alkanes of at least 4 members (excludes halogenated alkanes) is 1. The molecule has 2 rings (SSSR count). The van der Waals surface area contributed by atoms with E-state index in [0.29, 0.717) is 5.39 Å². The summed E-state index contributed by atoms with van der Waals surface area (Å²) < 4.78 is 1.80. The summed E-state index contributed by atoms with van der Waals surface area (Å²) in [6, 6.07) is 5.54. The van der Waals surface area contributed by atoms with Crippen LogP contribution in [0.5, 0.6) is 0 Å². The van der Waals surface area contributed by atoms with Crippen LogP contribution in [-0.4, -0.2) is 24.6 Å². The van der Waals surface area contributed by atoms with Crippen molar-refractivity contribution in [1.82, 2.24) is 4.68 Å².